The average molecular weight is 596 g/mol. The molecule has 0 radical (unpaired) electrons. The van der Waals surface area contributed by atoms with Crippen molar-refractivity contribution in [1.29, 1.82) is 5.26 Å². The van der Waals surface area contributed by atoms with Gasteiger partial charge >= 0.3 is 6.03 Å². The molecule has 10 heteroatoms. The predicted octanol–water partition coefficient (Wildman–Crippen LogP) is 3.94. The average Bonchev–Trinajstić information content (AvgIpc) is 2.72. The van der Waals surface area contributed by atoms with E-state index in [1.807, 2.05) is 35.6 Å². The van der Waals surface area contributed by atoms with E-state index in [9.17, 15) is 14.4 Å². The van der Waals surface area contributed by atoms with Crippen LogP contribution in [0.2, 0.25) is 0 Å². The molecule has 1 aliphatic rings. The van der Waals surface area contributed by atoms with Gasteiger partial charge in [-0.1, -0.05) is 15.9 Å². The summed E-state index contributed by atoms with van der Waals surface area (Å²) >= 11 is 5.39. The molecule has 0 saturated carbocycles. The van der Waals surface area contributed by atoms with Gasteiger partial charge in [-0.25, -0.2) is 9.69 Å². The van der Waals surface area contributed by atoms with Crippen molar-refractivity contribution in [2.75, 3.05) is 18.6 Å². The van der Waals surface area contributed by atoms with E-state index in [-0.39, 0.29) is 12.2 Å². The van der Waals surface area contributed by atoms with Gasteiger partial charge < -0.3 is 9.47 Å². The number of amides is 4. The first-order valence-electron chi connectivity index (χ1n) is 8.81. The van der Waals surface area contributed by atoms with Gasteiger partial charge in [-0.3, -0.25) is 14.9 Å². The van der Waals surface area contributed by atoms with Crippen LogP contribution in [0.15, 0.2) is 40.4 Å². The number of methoxy groups -OCH3 is 1. The highest BCUT2D eigenvalue weighted by atomic mass is 127. The summed E-state index contributed by atoms with van der Waals surface area (Å²) < 4.78 is 12.2. The van der Waals surface area contributed by atoms with Gasteiger partial charge in [0.1, 0.15) is 11.6 Å². The van der Waals surface area contributed by atoms with Crippen LogP contribution in [0.3, 0.4) is 0 Å². The topological polar surface area (TPSA) is 109 Å². The summed E-state index contributed by atoms with van der Waals surface area (Å²) in [5.41, 5.74) is 1.45. The Bertz CT molecular complexity index is 1170. The van der Waals surface area contributed by atoms with Gasteiger partial charge in [0.25, 0.3) is 11.8 Å². The van der Waals surface area contributed by atoms with E-state index < -0.39 is 17.8 Å². The van der Waals surface area contributed by atoms with Gasteiger partial charge in [-0.05, 0) is 77.0 Å². The number of urea groups is 1. The number of rotatable bonds is 5. The van der Waals surface area contributed by atoms with Crippen molar-refractivity contribution >= 4 is 68.1 Å². The van der Waals surface area contributed by atoms with E-state index >= 15 is 0 Å². The Morgan fingerprint density at radius 1 is 1.26 bits per heavy atom. The minimum Gasteiger partial charge on any atom is -0.493 e. The SMILES string of the molecule is COc1cc(/C=C2\C(=O)NC(=O)N(c3ccc(Br)c(C)c3)C2=O)cc(I)c1OCC#N. The molecule has 158 valence electrons. The number of halogens is 2. The minimum atomic E-state index is -0.818. The van der Waals surface area contributed by atoms with E-state index in [2.05, 4.69) is 21.2 Å². The van der Waals surface area contributed by atoms with Crippen molar-refractivity contribution in [2.24, 2.45) is 0 Å². The van der Waals surface area contributed by atoms with Gasteiger partial charge in [0.05, 0.1) is 16.4 Å². The third-order valence-electron chi connectivity index (χ3n) is 4.35. The maximum atomic E-state index is 13.1. The van der Waals surface area contributed by atoms with E-state index in [1.165, 1.54) is 13.2 Å². The molecule has 0 aromatic heterocycles. The molecule has 31 heavy (non-hydrogen) atoms. The van der Waals surface area contributed by atoms with Crippen molar-refractivity contribution < 1.29 is 23.9 Å². The zero-order valence-corrected chi connectivity index (χ0v) is 20.1. The maximum absolute atomic E-state index is 13.1. The van der Waals surface area contributed by atoms with Crippen LogP contribution in [-0.4, -0.2) is 31.6 Å². The summed E-state index contributed by atoms with van der Waals surface area (Å²) in [6.07, 6.45) is 1.38. The molecule has 1 fully saturated rings. The van der Waals surface area contributed by atoms with Crippen LogP contribution in [0.4, 0.5) is 10.5 Å². The third kappa shape index (κ3) is 4.72. The van der Waals surface area contributed by atoms with Crippen LogP contribution in [0.25, 0.3) is 6.08 Å². The van der Waals surface area contributed by atoms with Gasteiger partial charge in [-0.15, -0.1) is 0 Å². The fourth-order valence-electron chi connectivity index (χ4n) is 2.89. The summed E-state index contributed by atoms with van der Waals surface area (Å²) in [5, 5.41) is 10.9. The molecule has 2 aromatic rings. The number of carbonyl (C=O) groups excluding carboxylic acids is 3. The molecular formula is C21H15BrIN3O5. The molecular weight excluding hydrogens is 581 g/mol. The second-order valence-corrected chi connectivity index (χ2v) is 8.39. The Labute approximate surface area is 200 Å². The highest BCUT2D eigenvalue weighted by molar-refractivity contribution is 14.1. The Hall–Kier alpha value is -2.91. The number of imide groups is 2. The molecule has 0 bridgehead atoms. The smallest absolute Gasteiger partial charge is 0.335 e. The summed E-state index contributed by atoms with van der Waals surface area (Å²) in [4.78, 5) is 38.8. The highest BCUT2D eigenvalue weighted by Gasteiger charge is 2.37. The minimum absolute atomic E-state index is 0.155. The number of barbiturate groups is 1. The van der Waals surface area contributed by atoms with Crippen LogP contribution in [0.5, 0.6) is 11.5 Å². The number of nitriles is 1. The summed E-state index contributed by atoms with van der Waals surface area (Å²) in [7, 11) is 1.44. The monoisotopic (exact) mass is 595 g/mol. The Morgan fingerprint density at radius 2 is 2.00 bits per heavy atom. The summed E-state index contributed by atoms with van der Waals surface area (Å²) in [6, 6.07) is 9.32. The van der Waals surface area contributed by atoms with Crippen molar-refractivity contribution in [2.45, 2.75) is 6.92 Å². The van der Waals surface area contributed by atoms with Gasteiger partial charge in [0.2, 0.25) is 0 Å². The standard InChI is InChI=1S/C21H15BrIN3O5/c1-11-7-13(3-4-15(11)22)26-20(28)14(19(27)25-21(26)29)8-12-9-16(23)18(31-6-5-24)17(10-12)30-2/h3-4,7-10H,6H2,1-2H3,(H,25,27,29)/b14-8+. The van der Waals surface area contributed by atoms with Crippen LogP contribution < -0.4 is 19.7 Å². The van der Waals surface area contributed by atoms with Crippen LogP contribution >= 0.6 is 38.5 Å². The van der Waals surface area contributed by atoms with Crippen molar-refractivity contribution in [3.63, 3.8) is 0 Å². The number of benzene rings is 2. The lowest BCUT2D eigenvalue weighted by atomic mass is 10.1. The number of anilines is 1. The lowest BCUT2D eigenvalue weighted by molar-refractivity contribution is -0.122. The lowest BCUT2D eigenvalue weighted by Crippen LogP contribution is -2.54. The molecule has 2 aromatic carbocycles. The molecule has 0 atom stereocenters. The first-order valence-corrected chi connectivity index (χ1v) is 10.7. The van der Waals surface area contributed by atoms with Crippen LogP contribution in [-0.2, 0) is 9.59 Å². The number of carbonyl (C=O) groups is 3. The van der Waals surface area contributed by atoms with Gasteiger partial charge in [-0.2, -0.15) is 5.26 Å². The zero-order chi connectivity index (χ0) is 22.7. The van der Waals surface area contributed by atoms with Gasteiger partial charge in [0, 0.05) is 4.47 Å². The molecule has 8 nitrogen and oxygen atoms in total. The summed E-state index contributed by atoms with van der Waals surface area (Å²) in [6.45, 7) is 1.67. The predicted molar refractivity (Wildman–Crippen MR) is 125 cm³/mol. The molecule has 1 saturated heterocycles. The molecule has 1 heterocycles. The number of hydrogen-bond donors (Lipinski definition) is 1. The largest absolute Gasteiger partial charge is 0.493 e. The summed E-state index contributed by atoms with van der Waals surface area (Å²) in [5.74, 6) is -0.810. The normalized spacial score (nSPS) is 15.0. The van der Waals surface area contributed by atoms with Crippen LogP contribution in [0, 0.1) is 21.8 Å². The molecule has 3 rings (SSSR count). The second-order valence-electron chi connectivity index (χ2n) is 6.37. The molecule has 1 N–H and O–H groups in total. The molecule has 4 amide bonds. The number of nitrogens with one attached hydrogen (secondary N) is 1. The van der Waals surface area contributed by atoms with E-state index in [0.717, 1.165) is 14.9 Å². The van der Waals surface area contributed by atoms with E-state index in [4.69, 9.17) is 14.7 Å². The number of nitrogens with zero attached hydrogens (tertiary/aromatic N) is 2. The molecule has 0 unspecified atom stereocenters. The van der Waals surface area contributed by atoms with Gasteiger partial charge in [0.15, 0.2) is 18.1 Å². The van der Waals surface area contributed by atoms with Crippen molar-refractivity contribution in [3.05, 3.63) is 55.1 Å². The first-order chi connectivity index (χ1) is 14.8. The zero-order valence-electron chi connectivity index (χ0n) is 16.4. The highest BCUT2D eigenvalue weighted by Crippen LogP contribution is 2.35. The quantitative estimate of drug-likeness (QED) is 0.319. The van der Waals surface area contributed by atoms with Crippen molar-refractivity contribution in [1.82, 2.24) is 5.32 Å². The van der Waals surface area contributed by atoms with E-state index in [1.54, 1.807) is 30.3 Å². The number of aryl methyl sites for hydroxylation is 1. The lowest BCUT2D eigenvalue weighted by Gasteiger charge is -2.26. The first kappa shape index (κ1) is 22.8. The Kier molecular flexibility index (Phi) is 6.97. The maximum Gasteiger partial charge on any atom is 0.335 e. The van der Waals surface area contributed by atoms with Crippen molar-refractivity contribution in [3.8, 4) is 17.6 Å². The molecule has 0 aliphatic carbocycles. The second kappa shape index (κ2) is 9.49. The fraction of sp³-hybridized carbons (Fsp3) is 0.143. The fourth-order valence-corrected chi connectivity index (χ4v) is 3.92. The number of ether oxygens (including phenoxy) is 2. The third-order valence-corrected chi connectivity index (χ3v) is 6.04. The molecule has 0 spiro atoms. The molecule has 1 aliphatic heterocycles. The van der Waals surface area contributed by atoms with E-state index in [0.29, 0.717) is 26.3 Å². The van der Waals surface area contributed by atoms with Crippen LogP contribution in [0.1, 0.15) is 11.1 Å². The Morgan fingerprint density at radius 3 is 2.65 bits per heavy atom. The Balaban J connectivity index is 2.03. The number of hydrogen-bond acceptors (Lipinski definition) is 6.